The molecule has 1 aromatic carbocycles. The van der Waals surface area contributed by atoms with Crippen molar-refractivity contribution >= 4 is 17.6 Å². The Labute approximate surface area is 117 Å². The van der Waals surface area contributed by atoms with Gasteiger partial charge in [0.05, 0.1) is 18.2 Å². The van der Waals surface area contributed by atoms with Crippen LogP contribution in [0.25, 0.3) is 0 Å². The van der Waals surface area contributed by atoms with Crippen molar-refractivity contribution in [3.63, 3.8) is 0 Å². The lowest BCUT2D eigenvalue weighted by Crippen LogP contribution is -2.38. The van der Waals surface area contributed by atoms with Crippen LogP contribution in [-0.2, 0) is 0 Å². The van der Waals surface area contributed by atoms with Crippen molar-refractivity contribution in [1.82, 2.24) is 10.6 Å². The number of rotatable bonds is 3. The second kappa shape index (κ2) is 5.40. The van der Waals surface area contributed by atoms with E-state index in [4.69, 9.17) is 22.1 Å². The molecule has 1 atom stereocenters. The van der Waals surface area contributed by atoms with Crippen molar-refractivity contribution in [2.75, 3.05) is 14.2 Å². The van der Waals surface area contributed by atoms with E-state index in [1.54, 1.807) is 14.2 Å². The Bertz CT molecular complexity index is 554. The van der Waals surface area contributed by atoms with Gasteiger partial charge in [0.2, 0.25) is 0 Å². The molecule has 19 heavy (non-hydrogen) atoms. The van der Waals surface area contributed by atoms with Crippen LogP contribution >= 0.6 is 11.6 Å². The van der Waals surface area contributed by atoms with Crippen molar-refractivity contribution in [3.05, 3.63) is 40.2 Å². The minimum atomic E-state index is -0.0663. The largest absolute Gasteiger partial charge is 0.495 e. The molecule has 0 radical (unpaired) electrons. The zero-order valence-corrected chi connectivity index (χ0v) is 11.9. The standard InChI is InChI=1S/C13H17ClN4O/c1-7-4-11(19-3)9(14)5-8(7)10-6-12(16-2)18-13(15)17-10/h4-6,10,16H,1-3H3,(H3,15,17,18). The summed E-state index contributed by atoms with van der Waals surface area (Å²) in [7, 11) is 3.40. The van der Waals surface area contributed by atoms with E-state index in [0.717, 1.165) is 16.9 Å². The molecular weight excluding hydrogens is 264 g/mol. The first-order valence-electron chi connectivity index (χ1n) is 5.89. The van der Waals surface area contributed by atoms with Crippen molar-refractivity contribution < 1.29 is 4.74 Å². The van der Waals surface area contributed by atoms with Gasteiger partial charge in [0.25, 0.3) is 0 Å². The summed E-state index contributed by atoms with van der Waals surface area (Å²) in [4.78, 5) is 4.14. The topological polar surface area (TPSA) is 71.7 Å². The Morgan fingerprint density at radius 2 is 2.21 bits per heavy atom. The molecule has 0 amide bonds. The first-order valence-corrected chi connectivity index (χ1v) is 6.27. The molecule has 0 saturated carbocycles. The highest BCUT2D eigenvalue weighted by Crippen LogP contribution is 2.32. The van der Waals surface area contributed by atoms with E-state index in [1.165, 1.54) is 0 Å². The third-order valence-corrected chi connectivity index (χ3v) is 3.30. The predicted molar refractivity (Wildman–Crippen MR) is 77.4 cm³/mol. The highest BCUT2D eigenvalue weighted by molar-refractivity contribution is 6.32. The summed E-state index contributed by atoms with van der Waals surface area (Å²) in [5.74, 6) is 1.77. The van der Waals surface area contributed by atoms with Gasteiger partial charge in [-0.2, -0.15) is 4.99 Å². The lowest BCUT2D eigenvalue weighted by atomic mass is 10.00. The number of nitrogens with zero attached hydrogens (tertiary/aromatic N) is 1. The first kappa shape index (κ1) is 13.5. The van der Waals surface area contributed by atoms with Gasteiger partial charge in [-0.15, -0.1) is 0 Å². The Morgan fingerprint density at radius 1 is 1.47 bits per heavy atom. The van der Waals surface area contributed by atoms with Crippen molar-refractivity contribution in [3.8, 4) is 5.75 Å². The first-order chi connectivity index (χ1) is 9.05. The number of aryl methyl sites for hydroxylation is 1. The summed E-state index contributed by atoms with van der Waals surface area (Å²) in [5.41, 5.74) is 7.88. The maximum Gasteiger partial charge on any atom is 0.195 e. The van der Waals surface area contributed by atoms with Crippen LogP contribution in [-0.4, -0.2) is 20.1 Å². The van der Waals surface area contributed by atoms with Crippen LogP contribution in [0.4, 0.5) is 0 Å². The molecule has 4 N–H and O–H groups in total. The normalized spacial score (nSPS) is 18.2. The van der Waals surface area contributed by atoms with Gasteiger partial charge >= 0.3 is 0 Å². The van der Waals surface area contributed by atoms with Crippen molar-refractivity contribution in [2.45, 2.75) is 13.0 Å². The summed E-state index contributed by atoms with van der Waals surface area (Å²) in [5, 5.41) is 6.68. The summed E-state index contributed by atoms with van der Waals surface area (Å²) >= 11 is 6.18. The van der Waals surface area contributed by atoms with E-state index in [0.29, 0.717) is 16.7 Å². The molecule has 6 heteroatoms. The van der Waals surface area contributed by atoms with Crippen LogP contribution in [0.15, 0.2) is 29.0 Å². The van der Waals surface area contributed by atoms with Crippen molar-refractivity contribution in [2.24, 2.45) is 10.7 Å². The molecule has 5 nitrogen and oxygen atoms in total. The highest BCUT2D eigenvalue weighted by atomic mass is 35.5. The second-order valence-corrected chi connectivity index (χ2v) is 4.67. The molecule has 0 saturated heterocycles. The van der Waals surface area contributed by atoms with Gasteiger partial charge in [0.15, 0.2) is 5.96 Å². The van der Waals surface area contributed by atoms with Crippen LogP contribution in [0.1, 0.15) is 17.2 Å². The lowest BCUT2D eigenvalue weighted by Gasteiger charge is -2.23. The number of hydrogen-bond donors (Lipinski definition) is 3. The van der Waals surface area contributed by atoms with E-state index in [1.807, 2.05) is 25.1 Å². The fourth-order valence-corrected chi connectivity index (χ4v) is 2.28. The second-order valence-electron chi connectivity index (χ2n) is 4.26. The van der Waals surface area contributed by atoms with Crippen LogP contribution in [0, 0.1) is 6.92 Å². The van der Waals surface area contributed by atoms with E-state index < -0.39 is 0 Å². The summed E-state index contributed by atoms with van der Waals surface area (Å²) in [6, 6.07) is 3.73. The van der Waals surface area contributed by atoms with Gasteiger partial charge in [0, 0.05) is 7.05 Å². The van der Waals surface area contributed by atoms with Crippen LogP contribution in [0.3, 0.4) is 0 Å². The van der Waals surface area contributed by atoms with Crippen LogP contribution in [0.5, 0.6) is 5.75 Å². The Balaban J connectivity index is 2.40. The minimum absolute atomic E-state index is 0.0663. The van der Waals surface area contributed by atoms with Gasteiger partial charge < -0.3 is 21.1 Å². The number of halogens is 1. The number of benzene rings is 1. The number of aliphatic imine (C=N–C) groups is 1. The van der Waals surface area contributed by atoms with E-state index in [-0.39, 0.29) is 6.04 Å². The zero-order chi connectivity index (χ0) is 14.0. The fraction of sp³-hybridized carbons (Fsp3) is 0.308. The smallest absolute Gasteiger partial charge is 0.195 e. The van der Waals surface area contributed by atoms with Gasteiger partial charge in [0.1, 0.15) is 11.6 Å². The zero-order valence-electron chi connectivity index (χ0n) is 11.1. The molecule has 1 unspecified atom stereocenters. The summed E-state index contributed by atoms with van der Waals surface area (Å²) in [6.45, 7) is 2.00. The van der Waals surface area contributed by atoms with Gasteiger partial charge in [-0.05, 0) is 36.3 Å². The summed E-state index contributed by atoms with van der Waals surface area (Å²) < 4.78 is 5.20. The molecule has 1 aliphatic heterocycles. The number of methoxy groups -OCH3 is 1. The molecule has 1 aliphatic rings. The lowest BCUT2D eigenvalue weighted by molar-refractivity contribution is 0.414. The third kappa shape index (κ3) is 2.76. The van der Waals surface area contributed by atoms with Gasteiger partial charge in [-0.25, -0.2) is 0 Å². The molecule has 0 spiro atoms. The number of guanidine groups is 1. The van der Waals surface area contributed by atoms with Gasteiger partial charge in [-0.1, -0.05) is 11.6 Å². The molecule has 1 heterocycles. The molecule has 1 aromatic rings. The van der Waals surface area contributed by atoms with E-state index in [2.05, 4.69) is 15.6 Å². The van der Waals surface area contributed by atoms with E-state index in [9.17, 15) is 0 Å². The Kier molecular flexibility index (Phi) is 3.85. The number of nitrogens with two attached hydrogens (primary N) is 1. The molecule has 0 aromatic heterocycles. The molecule has 2 rings (SSSR count). The molecule has 102 valence electrons. The number of nitrogens with one attached hydrogen (secondary N) is 2. The molecule has 0 bridgehead atoms. The summed E-state index contributed by atoms with van der Waals surface area (Å²) in [6.07, 6.45) is 1.96. The highest BCUT2D eigenvalue weighted by Gasteiger charge is 2.18. The monoisotopic (exact) mass is 280 g/mol. The molecule has 0 fully saturated rings. The predicted octanol–water partition coefficient (Wildman–Crippen LogP) is 1.68. The maximum absolute atomic E-state index is 6.18. The minimum Gasteiger partial charge on any atom is -0.495 e. The number of hydrogen-bond acceptors (Lipinski definition) is 5. The third-order valence-electron chi connectivity index (χ3n) is 3.00. The van der Waals surface area contributed by atoms with Crippen LogP contribution in [0.2, 0.25) is 5.02 Å². The quantitative estimate of drug-likeness (QED) is 0.788. The fourth-order valence-electron chi connectivity index (χ4n) is 2.03. The van der Waals surface area contributed by atoms with Crippen molar-refractivity contribution in [1.29, 1.82) is 0 Å². The van der Waals surface area contributed by atoms with Crippen LogP contribution < -0.4 is 21.1 Å². The Hall–Kier alpha value is -1.88. The van der Waals surface area contributed by atoms with Gasteiger partial charge in [-0.3, -0.25) is 0 Å². The SMILES string of the molecule is CNC1=CC(c2cc(Cl)c(OC)cc2C)NC(N)=N1. The number of ether oxygens (including phenoxy) is 1. The average Bonchev–Trinajstić information content (AvgIpc) is 2.40. The van der Waals surface area contributed by atoms with E-state index >= 15 is 0 Å². The molecular formula is C13H17ClN4O. The average molecular weight is 281 g/mol. The maximum atomic E-state index is 6.18. The Morgan fingerprint density at radius 3 is 2.84 bits per heavy atom. The molecule has 0 aliphatic carbocycles.